The van der Waals surface area contributed by atoms with Crippen molar-refractivity contribution in [3.63, 3.8) is 0 Å². The summed E-state index contributed by atoms with van der Waals surface area (Å²) in [6.45, 7) is 0. The van der Waals surface area contributed by atoms with E-state index in [4.69, 9.17) is 0 Å². The summed E-state index contributed by atoms with van der Waals surface area (Å²) >= 11 is 1.23. The van der Waals surface area contributed by atoms with Crippen molar-refractivity contribution >= 4 is 38.8 Å². The van der Waals surface area contributed by atoms with Crippen LogP contribution in [0.3, 0.4) is 0 Å². The smallest absolute Gasteiger partial charge is 0.0836 e. The molecule has 0 radical (unpaired) electrons. The van der Waals surface area contributed by atoms with Gasteiger partial charge >= 0.3 is 0 Å². The van der Waals surface area contributed by atoms with Crippen LogP contribution in [0.5, 0.6) is 0 Å². The first-order valence-corrected chi connectivity index (χ1v) is 6.62. The first kappa shape index (κ1) is 11.7. The van der Waals surface area contributed by atoms with E-state index in [-0.39, 0.29) is 4.88 Å². The van der Waals surface area contributed by atoms with Gasteiger partial charge < -0.3 is 15.2 Å². The predicted octanol–water partition coefficient (Wildman–Crippen LogP) is 3.01. The molecular formula is C15H10NO2S-. The lowest BCUT2D eigenvalue weighted by Crippen LogP contribution is -2.21. The Morgan fingerprint density at radius 1 is 1.00 bits per heavy atom. The Morgan fingerprint density at radius 2 is 1.68 bits per heavy atom. The van der Waals surface area contributed by atoms with Gasteiger partial charge in [0.25, 0.3) is 0 Å². The monoisotopic (exact) mass is 268 g/mol. The van der Waals surface area contributed by atoms with Gasteiger partial charge in [-0.2, -0.15) is 0 Å². The zero-order valence-corrected chi connectivity index (χ0v) is 10.7. The summed E-state index contributed by atoms with van der Waals surface area (Å²) in [6.07, 6.45) is 0. The van der Waals surface area contributed by atoms with Gasteiger partial charge in [-0.15, -0.1) is 11.3 Å². The van der Waals surface area contributed by atoms with E-state index in [1.807, 2.05) is 54.6 Å². The van der Waals surface area contributed by atoms with Crippen LogP contribution < -0.4 is 10.4 Å². The molecular weight excluding hydrogens is 258 g/mol. The molecule has 0 bridgehead atoms. The number of hydrogen-bond donors (Lipinski definition) is 1. The number of carbonyl (C=O) groups is 1. The normalized spacial score (nSPS) is 10.5. The number of benzene rings is 2. The number of thiophene rings is 1. The van der Waals surface area contributed by atoms with E-state index in [1.165, 1.54) is 11.3 Å². The minimum Gasteiger partial charge on any atom is -0.544 e. The minimum atomic E-state index is -1.15. The molecule has 0 amide bonds. The van der Waals surface area contributed by atoms with Crippen molar-refractivity contribution < 1.29 is 9.90 Å². The molecule has 3 nitrogen and oxygen atoms in total. The van der Waals surface area contributed by atoms with E-state index < -0.39 is 5.97 Å². The van der Waals surface area contributed by atoms with E-state index in [9.17, 15) is 9.90 Å². The summed E-state index contributed by atoms with van der Waals surface area (Å²) < 4.78 is 0.931. The average Bonchev–Trinajstić information content (AvgIpc) is 2.79. The molecule has 0 aliphatic heterocycles. The molecule has 4 heteroatoms. The van der Waals surface area contributed by atoms with Crippen LogP contribution in [0.15, 0.2) is 54.6 Å². The number of carboxylic acid groups (broad SMARTS) is 1. The van der Waals surface area contributed by atoms with Crippen LogP contribution in [0.25, 0.3) is 10.1 Å². The van der Waals surface area contributed by atoms with Gasteiger partial charge in [-0.25, -0.2) is 0 Å². The summed E-state index contributed by atoms with van der Waals surface area (Å²) in [4.78, 5) is 11.5. The molecule has 0 spiro atoms. The first-order chi connectivity index (χ1) is 9.25. The van der Waals surface area contributed by atoms with Crippen molar-refractivity contribution in [1.29, 1.82) is 0 Å². The number of rotatable bonds is 3. The molecule has 1 aromatic heterocycles. The Kier molecular flexibility index (Phi) is 2.93. The van der Waals surface area contributed by atoms with Gasteiger partial charge in [0.15, 0.2) is 0 Å². The third kappa shape index (κ3) is 2.18. The molecule has 0 aliphatic carbocycles. The lowest BCUT2D eigenvalue weighted by Gasteiger charge is -2.08. The molecule has 1 N–H and O–H groups in total. The molecule has 19 heavy (non-hydrogen) atoms. The first-order valence-electron chi connectivity index (χ1n) is 5.80. The van der Waals surface area contributed by atoms with Crippen molar-refractivity contribution in [2.45, 2.75) is 0 Å². The fourth-order valence-corrected chi connectivity index (χ4v) is 2.97. The maximum absolute atomic E-state index is 11.2. The van der Waals surface area contributed by atoms with E-state index in [0.29, 0.717) is 5.69 Å². The van der Waals surface area contributed by atoms with Gasteiger partial charge in [0.1, 0.15) is 0 Å². The van der Waals surface area contributed by atoms with Crippen LogP contribution >= 0.6 is 11.3 Å². The van der Waals surface area contributed by atoms with Gasteiger partial charge in [0.05, 0.1) is 16.5 Å². The third-order valence-electron chi connectivity index (χ3n) is 2.82. The van der Waals surface area contributed by atoms with Crippen molar-refractivity contribution in [3.05, 3.63) is 59.5 Å². The molecule has 0 saturated heterocycles. The van der Waals surface area contributed by atoms with Crippen LogP contribution in [0.1, 0.15) is 9.67 Å². The van der Waals surface area contributed by atoms with Gasteiger partial charge in [0, 0.05) is 15.8 Å². The minimum absolute atomic E-state index is 0.227. The summed E-state index contributed by atoms with van der Waals surface area (Å²) in [6, 6.07) is 17.1. The average molecular weight is 268 g/mol. The molecule has 94 valence electrons. The Labute approximate surface area is 114 Å². The molecule has 3 rings (SSSR count). The Balaban J connectivity index is 2.15. The highest BCUT2D eigenvalue weighted by Gasteiger charge is 2.12. The number of fused-ring (bicyclic) bond motifs is 1. The van der Waals surface area contributed by atoms with Crippen LogP contribution in [0.2, 0.25) is 0 Å². The molecule has 1 heterocycles. The standard InChI is InChI=1S/C15H11NO2S/c17-15(18)14-13(16-10-6-2-1-3-7-10)11-8-4-5-9-12(11)19-14/h1-9,16H,(H,17,18)/p-1. The summed E-state index contributed by atoms with van der Waals surface area (Å²) in [5.41, 5.74) is 1.46. The van der Waals surface area contributed by atoms with E-state index in [2.05, 4.69) is 5.32 Å². The second-order valence-electron chi connectivity index (χ2n) is 4.08. The van der Waals surface area contributed by atoms with Crippen LogP contribution in [-0.2, 0) is 0 Å². The number of carbonyl (C=O) groups excluding carboxylic acids is 1. The highest BCUT2D eigenvalue weighted by molar-refractivity contribution is 7.21. The maximum atomic E-state index is 11.2. The van der Waals surface area contributed by atoms with Gasteiger partial charge in [-0.1, -0.05) is 36.4 Å². The Bertz CT molecular complexity index is 734. The third-order valence-corrected chi connectivity index (χ3v) is 3.97. The van der Waals surface area contributed by atoms with Crippen LogP contribution in [0, 0.1) is 0 Å². The summed E-state index contributed by atoms with van der Waals surface area (Å²) in [7, 11) is 0. The number of aromatic carboxylic acids is 1. The highest BCUT2D eigenvalue weighted by Crippen LogP contribution is 2.36. The second kappa shape index (κ2) is 4.74. The number of carboxylic acids is 1. The van der Waals surface area contributed by atoms with E-state index in [0.717, 1.165) is 15.8 Å². The summed E-state index contributed by atoms with van der Waals surface area (Å²) in [5, 5.41) is 15.3. The zero-order valence-electron chi connectivity index (χ0n) is 9.92. The number of para-hydroxylation sites is 1. The van der Waals surface area contributed by atoms with Crippen LogP contribution in [0.4, 0.5) is 11.4 Å². The van der Waals surface area contributed by atoms with Crippen molar-refractivity contribution in [3.8, 4) is 0 Å². The van der Waals surface area contributed by atoms with Gasteiger partial charge in [0.2, 0.25) is 0 Å². The number of hydrogen-bond acceptors (Lipinski definition) is 4. The van der Waals surface area contributed by atoms with Crippen molar-refractivity contribution in [2.75, 3.05) is 5.32 Å². The largest absolute Gasteiger partial charge is 0.544 e. The lowest BCUT2D eigenvalue weighted by atomic mass is 10.2. The second-order valence-corrected chi connectivity index (χ2v) is 5.13. The van der Waals surface area contributed by atoms with Crippen molar-refractivity contribution in [2.24, 2.45) is 0 Å². The molecule has 0 saturated carbocycles. The highest BCUT2D eigenvalue weighted by atomic mass is 32.1. The molecule has 0 aliphatic rings. The molecule has 0 unspecified atom stereocenters. The Morgan fingerprint density at radius 3 is 2.42 bits per heavy atom. The van der Waals surface area contributed by atoms with Crippen LogP contribution in [-0.4, -0.2) is 5.97 Å². The SMILES string of the molecule is O=C([O-])c1sc2ccccc2c1Nc1ccccc1. The van der Waals surface area contributed by atoms with E-state index >= 15 is 0 Å². The molecule has 2 aromatic carbocycles. The number of anilines is 2. The quantitative estimate of drug-likeness (QED) is 0.794. The summed E-state index contributed by atoms with van der Waals surface area (Å²) in [5.74, 6) is -1.15. The predicted molar refractivity (Wildman–Crippen MR) is 75.9 cm³/mol. The van der Waals surface area contributed by atoms with E-state index in [1.54, 1.807) is 0 Å². The van der Waals surface area contributed by atoms with Gasteiger partial charge in [-0.05, 0) is 18.2 Å². The maximum Gasteiger partial charge on any atom is 0.0836 e. The lowest BCUT2D eigenvalue weighted by molar-refractivity contribution is -0.254. The fraction of sp³-hybridized carbons (Fsp3) is 0. The van der Waals surface area contributed by atoms with Crippen molar-refractivity contribution in [1.82, 2.24) is 0 Å². The fourth-order valence-electron chi connectivity index (χ4n) is 1.98. The molecule has 0 fully saturated rings. The zero-order chi connectivity index (χ0) is 13.2. The molecule has 3 aromatic rings. The van der Waals surface area contributed by atoms with Gasteiger partial charge in [-0.3, -0.25) is 0 Å². The topological polar surface area (TPSA) is 52.2 Å². The molecule has 0 atom stereocenters. The Hall–Kier alpha value is -2.33. The number of nitrogens with one attached hydrogen (secondary N) is 1.